The summed E-state index contributed by atoms with van der Waals surface area (Å²) in [5.74, 6) is 103. The summed E-state index contributed by atoms with van der Waals surface area (Å²) < 4.78 is 0. The number of hydrogen-bond donors (Lipinski definition) is 0. The second kappa shape index (κ2) is 288. The molecule has 0 atom stereocenters. The van der Waals surface area contributed by atoms with E-state index in [4.69, 9.17) is 70.7 Å². The summed E-state index contributed by atoms with van der Waals surface area (Å²) in [6.07, 6.45) is 134. The summed E-state index contributed by atoms with van der Waals surface area (Å²) >= 11 is 0. The van der Waals surface area contributed by atoms with Gasteiger partial charge in [0.2, 0.25) is 0 Å². The van der Waals surface area contributed by atoms with Gasteiger partial charge >= 0.3 is 0 Å². The molecule has 0 aromatic carbocycles. The van der Waals surface area contributed by atoms with Gasteiger partial charge in [-0.3, -0.25) is 0 Å². The predicted molar refractivity (Wildman–Crippen MR) is 612 cm³/mol. The maximum atomic E-state index is 4.82. The van der Waals surface area contributed by atoms with Crippen LogP contribution in [0.1, 0.15) is 333 Å². The molecular weight excluding hydrogens is 1590 g/mol. The molecule has 0 fully saturated rings. The molecule has 0 aliphatic rings. The van der Waals surface area contributed by atoms with E-state index in [9.17, 15) is 0 Å². The highest BCUT2D eigenvalue weighted by atomic mass is 13.9. The molecule has 0 rings (SSSR count). The normalized spacial score (nSPS) is 6.40. The summed E-state index contributed by atoms with van der Waals surface area (Å²) in [6.45, 7) is 69.7. The Morgan fingerprint density at radius 3 is 0.530 bits per heavy atom. The molecule has 0 unspecified atom stereocenters. The Hall–Kier alpha value is -15.9. The van der Waals surface area contributed by atoms with Crippen LogP contribution >= 0.6 is 0 Å². The molecule has 0 saturated carbocycles. The zero-order valence-electron chi connectivity index (χ0n) is 86.9. The fourth-order valence-corrected chi connectivity index (χ4v) is 4.81. The Kier molecular flexibility index (Phi) is 379. The van der Waals surface area contributed by atoms with E-state index in [0.717, 1.165) is 25.7 Å². The van der Waals surface area contributed by atoms with Gasteiger partial charge in [-0.05, 0) is 381 Å². The number of allylic oxidation sites excluding steroid dienone is 17. The minimum Gasteiger partial charge on any atom is -0.124 e. The van der Waals surface area contributed by atoms with Crippen molar-refractivity contribution in [1.82, 2.24) is 0 Å². The van der Waals surface area contributed by atoms with Crippen LogP contribution in [0.4, 0.5) is 0 Å². The lowest BCUT2D eigenvalue weighted by Crippen LogP contribution is -1.69. The molecule has 0 radical (unpaired) electrons. The smallest absolute Gasteiger partial charge is 0.0885 e. The summed E-state index contributed by atoms with van der Waals surface area (Å²) in [5.41, 5.74) is 0. The molecule has 0 saturated heterocycles. The Morgan fingerprint density at radius 2 is 0.394 bits per heavy atom. The quantitative estimate of drug-likeness (QED) is 0.0333. The van der Waals surface area contributed by atoms with Crippen LogP contribution in [-0.4, -0.2) is 0 Å². The van der Waals surface area contributed by atoms with Gasteiger partial charge in [0.1, 0.15) is 0 Å². The molecule has 0 bridgehead atoms. The Morgan fingerprint density at radius 1 is 0.212 bits per heavy atom. The second-order valence-corrected chi connectivity index (χ2v) is 21.6. The van der Waals surface area contributed by atoms with E-state index in [2.05, 4.69) is 463 Å². The van der Waals surface area contributed by atoms with Crippen LogP contribution in [0.5, 0.6) is 0 Å². The minimum absolute atomic E-state index is 1.02. The molecule has 0 aliphatic heterocycles. The number of rotatable bonds is 27. The molecule has 0 nitrogen and oxygen atoms in total. The molecule has 694 valence electrons. The van der Waals surface area contributed by atoms with Crippen LogP contribution in [-0.2, 0) is 0 Å². The van der Waals surface area contributed by atoms with Crippen molar-refractivity contribution in [2.75, 3.05) is 0 Å². The van der Waals surface area contributed by atoms with Crippen LogP contribution in [0.15, 0.2) is 136 Å². The van der Waals surface area contributed by atoms with E-state index in [1.54, 1.807) is 47.6 Å². The summed E-state index contributed by atoms with van der Waals surface area (Å²) in [4.78, 5) is 0. The van der Waals surface area contributed by atoms with Crippen LogP contribution < -0.4 is 0 Å². The first kappa shape index (κ1) is 174. The molecule has 0 heteroatoms. The molecule has 0 spiro atoms. The molecule has 0 heterocycles. The Balaban J connectivity index is -0.0000000484. The van der Waals surface area contributed by atoms with Crippen molar-refractivity contribution in [3.05, 3.63) is 150 Å². The van der Waals surface area contributed by atoms with Gasteiger partial charge in [0.25, 0.3) is 0 Å². The van der Waals surface area contributed by atoms with Crippen molar-refractivity contribution in [1.29, 1.82) is 0 Å². The number of terminal acetylenes is 13. The van der Waals surface area contributed by atoms with E-state index in [-0.39, 0.29) is 0 Å². The van der Waals surface area contributed by atoms with Gasteiger partial charge in [-0.1, -0.05) is 279 Å². The van der Waals surface area contributed by atoms with Crippen molar-refractivity contribution in [2.45, 2.75) is 333 Å². The van der Waals surface area contributed by atoms with Gasteiger partial charge in [0, 0.05) is 6.42 Å². The third-order valence-corrected chi connectivity index (χ3v) is 10.6. The lowest BCUT2D eigenvalue weighted by atomic mass is 10.2. The fraction of sp³-hybridized carbons (Fsp3) is 0.379. The minimum atomic E-state index is 1.02. The molecule has 132 heavy (non-hydrogen) atoms. The first-order chi connectivity index (χ1) is 64.3. The first-order valence-electron chi connectivity index (χ1n) is 43.7. The third kappa shape index (κ3) is 538. The van der Waals surface area contributed by atoms with Gasteiger partial charge < -0.3 is 0 Å². The highest BCUT2D eigenvalue weighted by molar-refractivity contribution is 5.42. The summed E-state index contributed by atoms with van der Waals surface area (Å²) in [6, 6.07) is 0. The van der Waals surface area contributed by atoms with Crippen LogP contribution in [0, 0.1) is 364 Å². The van der Waals surface area contributed by atoms with Gasteiger partial charge in [-0.25, -0.2) is 0 Å². The molecular formula is C132H168+2. The van der Waals surface area contributed by atoms with Crippen molar-refractivity contribution in [3.8, 4) is 350 Å². The highest BCUT2D eigenvalue weighted by Gasteiger charge is 1.82. The lowest BCUT2D eigenvalue weighted by molar-refractivity contribution is 0.805. The average molecular weight is 1750 g/mol. The summed E-state index contributed by atoms with van der Waals surface area (Å²) in [5, 5.41) is 0. The lowest BCUT2D eigenvalue weighted by Gasteiger charge is -1.87. The van der Waals surface area contributed by atoms with Gasteiger partial charge in [0.05, 0.1) is 26.7 Å². The SMILES string of the molecule is C#C.C#CC.C#CC#CC.C#CC#CC#C.C#CC#CC#C.C#CC#CC#C.C#CC#CC#CC.C#CC#CC#CC#CC.C#CC#CC#CC#CC#C.C/C=C/C.C/C=C/CC.C/C=C/CCCC.C=C.C=CC.C=CCCCC.C=CCCCC.CC#CC.CC#CC#CC#CC.CCC/C=C/CCC.CCC/C=C/CCCC.[CH2+]CC/C=C/C.[CH2+]CCC/C=C/CCCC. The Bertz CT molecular complexity index is 4130. The van der Waals surface area contributed by atoms with Crippen molar-refractivity contribution in [3.63, 3.8) is 0 Å². The Labute approximate surface area is 827 Å². The van der Waals surface area contributed by atoms with E-state index < -0.39 is 0 Å². The van der Waals surface area contributed by atoms with Gasteiger partial charge in [-0.2, -0.15) is 0 Å². The van der Waals surface area contributed by atoms with Crippen molar-refractivity contribution >= 4 is 0 Å². The zero-order chi connectivity index (χ0) is 106. The number of hydrogen-bond acceptors (Lipinski definition) is 0. The maximum absolute atomic E-state index is 4.82. The zero-order valence-corrected chi connectivity index (χ0v) is 86.9. The van der Waals surface area contributed by atoms with E-state index in [1.165, 1.54) is 148 Å². The monoisotopic (exact) mass is 1750 g/mol. The van der Waals surface area contributed by atoms with Crippen molar-refractivity contribution in [2.24, 2.45) is 0 Å². The summed E-state index contributed by atoms with van der Waals surface area (Å²) in [7, 11) is 0. The molecule has 0 aliphatic carbocycles. The topological polar surface area (TPSA) is 0 Å². The van der Waals surface area contributed by atoms with Gasteiger partial charge in [-0.15, -0.1) is 141 Å². The van der Waals surface area contributed by atoms with E-state index >= 15 is 0 Å². The highest BCUT2D eigenvalue weighted by Crippen LogP contribution is 2.00. The van der Waals surface area contributed by atoms with Gasteiger partial charge in [0.15, 0.2) is 0 Å². The average Bonchev–Trinajstić information content (AvgIpc) is 1.19. The first-order valence-corrected chi connectivity index (χ1v) is 43.7. The molecule has 0 aromatic heterocycles. The number of unbranched alkanes of at least 4 members (excludes halogenated alkanes) is 16. The molecule has 0 amide bonds. The fourth-order valence-electron chi connectivity index (χ4n) is 4.81. The standard InChI is InChI=1S/C10H19.C10H2.C9H18.C9H4.C8H16.C8H6.C7H14.C7H4.2C6H12.C6H11.3C6H2.C5H10.C5H4.C4H8.C4H6.C3H6.C3H4.C2H4.C2H2/c2*1-3-5-7-9-10-8-6-4-2;2*1-3-5-7-9-8-6-4-2;2*1-3-5-7-8-6-4-2;2*1-3-5-7-6-4-2;6*1-3-5-6-4-2;2*1-3-5-4-2;2*1-3-4-2;2*1-3-2;2*1-2/h9-10H,1,3-8H2,2H3;1-2H;7,9H,3-6,8H2,1-2H3;1H,2H3;7-8H,3-6H2,1-2H3;1-2H3;3,5H,4,6-7H2,1-2H3;1H,2H3;2*3H,1,4-6H2,2H3;4,6H,1,3,5H2,2H3;3*1-2H;3,5H,4H2,1-2H3;1H,2H3;3-4H,1-2H3;1-2H3;3H,1H2,2H3;1H,2H3;1-2H2;1-2H/q+1;;;;;;;;;;+1;;;;;;;;;;;/b10-9+;;9-7+;;8-7+;;5-3+;;;;6-4+;;;;5-3+;;4-3+;;;;;. The molecule has 0 N–H and O–H groups in total. The van der Waals surface area contributed by atoms with Crippen LogP contribution in [0.2, 0.25) is 0 Å². The maximum Gasteiger partial charge on any atom is 0.0885 e. The van der Waals surface area contributed by atoms with Crippen LogP contribution in [0.25, 0.3) is 0 Å². The second-order valence-electron chi connectivity index (χ2n) is 21.6. The molecule has 0 aromatic rings. The van der Waals surface area contributed by atoms with Crippen LogP contribution in [0.3, 0.4) is 0 Å². The largest absolute Gasteiger partial charge is 0.124 e. The predicted octanol–water partition coefficient (Wildman–Crippen LogP) is 31.5. The van der Waals surface area contributed by atoms with E-state index in [1.807, 2.05) is 78.8 Å². The van der Waals surface area contributed by atoms with Crippen molar-refractivity contribution < 1.29 is 0 Å². The van der Waals surface area contributed by atoms with E-state index in [0.29, 0.717) is 0 Å². The third-order valence-electron chi connectivity index (χ3n) is 10.6.